The summed E-state index contributed by atoms with van der Waals surface area (Å²) in [6.07, 6.45) is 33.3. The molecule has 1 heterocycles. The molecule has 1 aliphatic heterocycles. The lowest BCUT2D eigenvalue weighted by Gasteiger charge is -2.40. The van der Waals surface area contributed by atoms with Gasteiger partial charge in [-0.05, 0) is 57.8 Å². The molecule has 0 radical (unpaired) electrons. The van der Waals surface area contributed by atoms with Crippen LogP contribution in [0.3, 0.4) is 0 Å². The number of rotatable bonds is 34. The molecule has 1 rings (SSSR count). The van der Waals surface area contributed by atoms with Crippen molar-refractivity contribution < 1.29 is 39.8 Å². The number of hydrogen-bond donors (Lipinski definition) is 6. The van der Waals surface area contributed by atoms with Crippen molar-refractivity contribution >= 4 is 5.91 Å². The summed E-state index contributed by atoms with van der Waals surface area (Å²) in [5.41, 5.74) is 0. The number of nitrogens with one attached hydrogen (secondary N) is 1. The number of aliphatic hydroxyl groups excluding tert-OH is 5. The van der Waals surface area contributed by atoms with Crippen LogP contribution in [0.2, 0.25) is 0 Å². The lowest BCUT2D eigenvalue weighted by molar-refractivity contribution is -0.302. The van der Waals surface area contributed by atoms with Crippen LogP contribution in [0.4, 0.5) is 0 Å². The molecule has 7 unspecified atom stereocenters. The van der Waals surface area contributed by atoms with Gasteiger partial charge in [-0.25, -0.2) is 0 Å². The van der Waals surface area contributed by atoms with E-state index >= 15 is 0 Å². The number of ether oxygens (including phenoxy) is 2. The molecule has 0 spiro atoms. The highest BCUT2D eigenvalue weighted by molar-refractivity contribution is 5.76. The van der Waals surface area contributed by atoms with E-state index in [1.165, 1.54) is 96.3 Å². The summed E-state index contributed by atoms with van der Waals surface area (Å²) in [6.45, 7) is 3.71. The minimum absolute atomic E-state index is 0.199. The van der Waals surface area contributed by atoms with Crippen molar-refractivity contribution in [3.8, 4) is 0 Å². The minimum atomic E-state index is -1.57. The monoisotopic (exact) mass is 738 g/mol. The number of carbonyl (C=O) groups excluding carboxylic acids is 1. The molecule has 52 heavy (non-hydrogen) atoms. The standard InChI is InChI=1S/C43H79NO8/c1-3-5-7-9-11-13-15-17-18-19-20-21-22-24-26-28-30-32-37(46)36(35-51-43-42(50)41(49)40(48)38(34-45)52-43)44-39(47)33-31-29-27-25-23-16-14-12-10-8-6-4-2/h12,14,22,24,30,32,36-38,40-43,45-46,48-50H,3-11,13,15-21,23,25-29,31,33-35H2,1-2H3,(H,44,47)/b14-12-,24-22+,32-30+. The van der Waals surface area contributed by atoms with Gasteiger partial charge in [0.15, 0.2) is 6.29 Å². The number of unbranched alkanes of at least 4 members (excludes halogenated alkanes) is 20. The molecule has 0 aliphatic carbocycles. The Kier molecular flexibility index (Phi) is 31.6. The van der Waals surface area contributed by atoms with Gasteiger partial charge < -0.3 is 40.3 Å². The van der Waals surface area contributed by atoms with E-state index in [0.717, 1.165) is 57.8 Å². The largest absolute Gasteiger partial charge is 0.394 e. The molecule has 1 amide bonds. The van der Waals surface area contributed by atoms with Crippen LogP contribution in [0.25, 0.3) is 0 Å². The zero-order chi connectivity index (χ0) is 38.1. The smallest absolute Gasteiger partial charge is 0.220 e. The van der Waals surface area contributed by atoms with Crippen molar-refractivity contribution in [3.63, 3.8) is 0 Å². The zero-order valence-corrected chi connectivity index (χ0v) is 33.1. The van der Waals surface area contributed by atoms with Gasteiger partial charge in [-0.3, -0.25) is 4.79 Å². The molecule has 0 bridgehead atoms. The van der Waals surface area contributed by atoms with Gasteiger partial charge >= 0.3 is 0 Å². The number of aliphatic hydroxyl groups is 5. The van der Waals surface area contributed by atoms with E-state index in [2.05, 4.69) is 43.5 Å². The number of hydrogen-bond acceptors (Lipinski definition) is 8. The predicted octanol–water partition coefficient (Wildman–Crippen LogP) is 8.11. The second-order valence-corrected chi connectivity index (χ2v) is 14.8. The van der Waals surface area contributed by atoms with Gasteiger partial charge in [-0.15, -0.1) is 0 Å². The van der Waals surface area contributed by atoms with Gasteiger partial charge in [-0.2, -0.15) is 0 Å². The first-order valence-corrected chi connectivity index (χ1v) is 21.2. The van der Waals surface area contributed by atoms with Crippen molar-refractivity contribution in [2.45, 2.75) is 217 Å². The normalized spacial score (nSPS) is 22.2. The third kappa shape index (κ3) is 24.7. The van der Waals surface area contributed by atoms with Gasteiger partial charge in [0.2, 0.25) is 5.91 Å². The van der Waals surface area contributed by atoms with Crippen LogP contribution in [0.15, 0.2) is 36.5 Å². The van der Waals surface area contributed by atoms with Crippen LogP contribution < -0.4 is 5.32 Å². The third-order valence-corrected chi connectivity index (χ3v) is 9.94. The molecular weight excluding hydrogens is 658 g/mol. The SMILES string of the molecule is CCCCC/C=C\CCCCCCCC(=O)NC(COC1OC(CO)C(O)C(O)C1O)C(O)/C=C/CC/C=C/CCCCCCCCCCCCC. The third-order valence-electron chi connectivity index (χ3n) is 9.94. The van der Waals surface area contributed by atoms with Crippen molar-refractivity contribution in [1.29, 1.82) is 0 Å². The summed E-state index contributed by atoms with van der Waals surface area (Å²) >= 11 is 0. The molecule has 1 fully saturated rings. The second-order valence-electron chi connectivity index (χ2n) is 14.8. The highest BCUT2D eigenvalue weighted by atomic mass is 16.7. The Morgan fingerprint density at radius 2 is 1.10 bits per heavy atom. The fourth-order valence-electron chi connectivity index (χ4n) is 6.46. The van der Waals surface area contributed by atoms with Crippen LogP contribution in [0.1, 0.15) is 174 Å². The summed E-state index contributed by atoms with van der Waals surface area (Å²) in [5.74, 6) is -0.199. The quantitative estimate of drug-likeness (QED) is 0.0287. The maximum Gasteiger partial charge on any atom is 0.220 e. The molecule has 0 aromatic rings. The second kappa shape index (κ2) is 33.9. The fourth-order valence-corrected chi connectivity index (χ4v) is 6.46. The first kappa shape index (κ1) is 48.4. The maximum absolute atomic E-state index is 12.9. The summed E-state index contributed by atoms with van der Waals surface area (Å²) in [7, 11) is 0. The number of carbonyl (C=O) groups is 1. The summed E-state index contributed by atoms with van der Waals surface area (Å²) < 4.78 is 11.2. The first-order chi connectivity index (χ1) is 25.3. The van der Waals surface area contributed by atoms with E-state index in [1.54, 1.807) is 6.08 Å². The van der Waals surface area contributed by atoms with Crippen molar-refractivity contribution in [1.82, 2.24) is 5.32 Å². The molecule has 9 heteroatoms. The van der Waals surface area contributed by atoms with Crippen LogP contribution in [-0.4, -0.2) is 87.5 Å². The summed E-state index contributed by atoms with van der Waals surface area (Å²) in [4.78, 5) is 12.9. The van der Waals surface area contributed by atoms with Gasteiger partial charge in [0.25, 0.3) is 0 Å². The van der Waals surface area contributed by atoms with E-state index < -0.39 is 49.5 Å². The average molecular weight is 738 g/mol. The van der Waals surface area contributed by atoms with Gasteiger partial charge in [0.1, 0.15) is 24.4 Å². The van der Waals surface area contributed by atoms with Gasteiger partial charge in [0.05, 0.1) is 25.4 Å². The maximum atomic E-state index is 12.9. The Labute approximate surface area is 317 Å². The fraction of sp³-hybridized carbons (Fsp3) is 0.837. The van der Waals surface area contributed by atoms with E-state index in [-0.39, 0.29) is 12.5 Å². The first-order valence-electron chi connectivity index (χ1n) is 21.2. The van der Waals surface area contributed by atoms with Crippen molar-refractivity contribution in [3.05, 3.63) is 36.5 Å². The Morgan fingerprint density at radius 1 is 0.635 bits per heavy atom. The highest BCUT2D eigenvalue weighted by Crippen LogP contribution is 2.22. The molecule has 0 saturated carbocycles. The molecule has 6 N–H and O–H groups in total. The number of allylic oxidation sites excluding steroid dienone is 5. The zero-order valence-electron chi connectivity index (χ0n) is 33.1. The Hall–Kier alpha value is -1.59. The molecular formula is C43H79NO8. The lowest BCUT2D eigenvalue weighted by Crippen LogP contribution is -2.60. The van der Waals surface area contributed by atoms with Gasteiger partial charge in [-0.1, -0.05) is 147 Å². The van der Waals surface area contributed by atoms with E-state index in [9.17, 15) is 30.3 Å². The molecule has 0 aromatic carbocycles. The summed E-state index contributed by atoms with van der Waals surface area (Å²) in [5, 5.41) is 54.0. The van der Waals surface area contributed by atoms with Crippen LogP contribution in [-0.2, 0) is 14.3 Å². The Balaban J connectivity index is 2.44. The van der Waals surface area contributed by atoms with Gasteiger partial charge in [0, 0.05) is 6.42 Å². The molecule has 304 valence electrons. The Bertz CT molecular complexity index is 910. The topological polar surface area (TPSA) is 149 Å². The molecule has 1 saturated heterocycles. The van der Waals surface area contributed by atoms with Crippen LogP contribution in [0, 0.1) is 0 Å². The number of amides is 1. The van der Waals surface area contributed by atoms with E-state index in [0.29, 0.717) is 6.42 Å². The van der Waals surface area contributed by atoms with E-state index in [1.807, 2.05) is 6.08 Å². The van der Waals surface area contributed by atoms with Crippen molar-refractivity contribution in [2.75, 3.05) is 13.2 Å². The van der Waals surface area contributed by atoms with Crippen LogP contribution >= 0.6 is 0 Å². The minimum Gasteiger partial charge on any atom is -0.394 e. The molecule has 9 nitrogen and oxygen atoms in total. The summed E-state index contributed by atoms with van der Waals surface area (Å²) in [6, 6.07) is -0.822. The lowest BCUT2D eigenvalue weighted by atomic mass is 9.99. The Morgan fingerprint density at radius 3 is 1.65 bits per heavy atom. The highest BCUT2D eigenvalue weighted by Gasteiger charge is 2.44. The predicted molar refractivity (Wildman–Crippen MR) is 212 cm³/mol. The van der Waals surface area contributed by atoms with Crippen molar-refractivity contribution in [2.24, 2.45) is 0 Å². The molecule has 1 aliphatic rings. The average Bonchev–Trinajstić information content (AvgIpc) is 3.14. The molecule has 7 atom stereocenters. The van der Waals surface area contributed by atoms with E-state index in [4.69, 9.17) is 9.47 Å². The van der Waals surface area contributed by atoms with Crippen LogP contribution in [0.5, 0.6) is 0 Å². The molecule has 0 aromatic heterocycles.